The van der Waals surface area contributed by atoms with Crippen LogP contribution in [-0.2, 0) is 19.0 Å². The first-order chi connectivity index (χ1) is 10.8. The number of rotatable bonds is 4. The second-order valence-corrected chi connectivity index (χ2v) is 5.79. The van der Waals surface area contributed by atoms with E-state index >= 15 is 0 Å². The van der Waals surface area contributed by atoms with Crippen LogP contribution in [0.25, 0.3) is 0 Å². The summed E-state index contributed by atoms with van der Waals surface area (Å²) in [6, 6.07) is 4.13. The molecule has 0 saturated heterocycles. The van der Waals surface area contributed by atoms with Crippen LogP contribution in [0, 0.1) is 5.82 Å². The Hall–Kier alpha value is -1.74. The molecule has 4 nitrogen and oxygen atoms in total. The average molecular weight is 368 g/mol. The number of nitrogens with zero attached hydrogens (tertiary/aromatic N) is 3. The molecule has 1 aromatic heterocycles. The fourth-order valence-electron chi connectivity index (χ4n) is 1.89. The monoisotopic (exact) mass is 367 g/mol. The van der Waals surface area contributed by atoms with Gasteiger partial charge in [0.05, 0.1) is 11.8 Å². The minimum Gasteiger partial charge on any atom is -0.411 e. The molecule has 0 saturated carbocycles. The van der Waals surface area contributed by atoms with Gasteiger partial charge in [0.2, 0.25) is 0 Å². The highest BCUT2D eigenvalue weighted by atomic mass is 35.5. The number of benzene rings is 1. The third kappa shape index (κ3) is 3.78. The average Bonchev–Trinajstić information content (AvgIpc) is 2.76. The Balaban J connectivity index is 2.39. The molecular weight excluding hydrogens is 358 g/mol. The summed E-state index contributed by atoms with van der Waals surface area (Å²) in [5.41, 5.74) is -1.40. The summed E-state index contributed by atoms with van der Waals surface area (Å²) in [6.07, 6.45) is -4.05. The summed E-state index contributed by atoms with van der Waals surface area (Å²) in [5, 5.41) is 14.9. The van der Waals surface area contributed by atoms with E-state index < -0.39 is 17.7 Å². The molecule has 1 aromatic carbocycles. The van der Waals surface area contributed by atoms with E-state index in [1.165, 1.54) is 25.2 Å². The fraction of sp³-hybridized carbons (Fsp3) is 0.231. The van der Waals surface area contributed by atoms with E-state index in [0.717, 1.165) is 16.4 Å². The Kier molecular flexibility index (Phi) is 5.20. The quantitative estimate of drug-likeness (QED) is 0.288. The van der Waals surface area contributed by atoms with E-state index in [0.29, 0.717) is 6.21 Å². The summed E-state index contributed by atoms with van der Waals surface area (Å²) in [7, 11) is 1.31. The van der Waals surface area contributed by atoms with Crippen molar-refractivity contribution in [2.24, 2.45) is 12.2 Å². The molecule has 0 radical (unpaired) electrons. The van der Waals surface area contributed by atoms with Gasteiger partial charge in [0.25, 0.3) is 0 Å². The van der Waals surface area contributed by atoms with E-state index in [4.69, 9.17) is 16.8 Å². The molecular formula is C13H10ClF4N3OS. The molecule has 10 heteroatoms. The van der Waals surface area contributed by atoms with Crippen LogP contribution in [0.4, 0.5) is 17.6 Å². The van der Waals surface area contributed by atoms with Crippen LogP contribution in [0.3, 0.4) is 0 Å². The Morgan fingerprint density at radius 2 is 2.13 bits per heavy atom. The van der Waals surface area contributed by atoms with Crippen molar-refractivity contribution >= 4 is 29.6 Å². The Bertz CT molecular complexity index is 725. The van der Waals surface area contributed by atoms with Crippen LogP contribution in [0.15, 0.2) is 28.4 Å². The Morgan fingerprint density at radius 3 is 2.70 bits per heavy atom. The minimum absolute atomic E-state index is 0.00535. The molecule has 0 fully saturated rings. The molecule has 2 rings (SSSR count). The van der Waals surface area contributed by atoms with Gasteiger partial charge in [-0.05, 0) is 12.1 Å². The number of hydrogen-bond acceptors (Lipinski definition) is 4. The zero-order valence-corrected chi connectivity index (χ0v) is 13.2. The second-order valence-electron chi connectivity index (χ2n) is 4.42. The topological polar surface area (TPSA) is 50.4 Å². The number of aromatic nitrogens is 2. The van der Waals surface area contributed by atoms with Gasteiger partial charge in [-0.3, -0.25) is 4.68 Å². The lowest BCUT2D eigenvalue weighted by Crippen LogP contribution is -2.09. The molecule has 23 heavy (non-hydrogen) atoms. The van der Waals surface area contributed by atoms with Gasteiger partial charge >= 0.3 is 6.18 Å². The van der Waals surface area contributed by atoms with Crippen molar-refractivity contribution < 1.29 is 22.8 Å². The number of oxime groups is 1. The van der Waals surface area contributed by atoms with Gasteiger partial charge < -0.3 is 5.21 Å². The molecule has 0 aliphatic carbocycles. The van der Waals surface area contributed by atoms with Gasteiger partial charge in [-0.1, -0.05) is 22.8 Å². The first-order valence-electron chi connectivity index (χ1n) is 6.13. The van der Waals surface area contributed by atoms with Crippen molar-refractivity contribution in [1.82, 2.24) is 9.78 Å². The normalized spacial score (nSPS) is 12.3. The second kappa shape index (κ2) is 6.79. The van der Waals surface area contributed by atoms with E-state index in [1.807, 2.05) is 0 Å². The highest BCUT2D eigenvalue weighted by Crippen LogP contribution is 2.36. The van der Waals surface area contributed by atoms with Crippen molar-refractivity contribution in [3.05, 3.63) is 45.9 Å². The first kappa shape index (κ1) is 17.6. The van der Waals surface area contributed by atoms with Crippen molar-refractivity contribution in [3.63, 3.8) is 0 Å². The maximum atomic E-state index is 13.7. The predicted molar refractivity (Wildman–Crippen MR) is 78.6 cm³/mol. The van der Waals surface area contributed by atoms with Crippen LogP contribution in [-0.4, -0.2) is 21.2 Å². The fourth-order valence-corrected chi connectivity index (χ4v) is 3.31. The lowest BCUT2D eigenvalue weighted by Gasteiger charge is -2.07. The number of alkyl halides is 3. The van der Waals surface area contributed by atoms with Crippen molar-refractivity contribution in [2.45, 2.75) is 17.0 Å². The highest BCUT2D eigenvalue weighted by Gasteiger charge is 2.38. The Morgan fingerprint density at radius 1 is 1.43 bits per heavy atom. The lowest BCUT2D eigenvalue weighted by atomic mass is 10.2. The van der Waals surface area contributed by atoms with Gasteiger partial charge in [0.1, 0.15) is 10.8 Å². The molecule has 0 atom stereocenters. The molecule has 2 aromatic rings. The minimum atomic E-state index is -4.71. The molecule has 0 aliphatic rings. The standard InChI is InChI=1S/C13H10ClF4N3OS/c1-21-12(7(5-19-22)11(20-21)13(16,17)18)23-6-8-9(14)3-2-4-10(8)15/h2-5,22H,6H2,1H3/b19-5+. The van der Waals surface area contributed by atoms with Crippen LogP contribution in [0.1, 0.15) is 16.8 Å². The number of hydrogen-bond donors (Lipinski definition) is 1. The number of halogens is 5. The maximum Gasteiger partial charge on any atom is 0.435 e. The van der Waals surface area contributed by atoms with E-state index in [-0.39, 0.29) is 26.9 Å². The molecule has 1 N–H and O–H groups in total. The lowest BCUT2D eigenvalue weighted by molar-refractivity contribution is -0.141. The Labute approximate surface area is 137 Å². The van der Waals surface area contributed by atoms with Crippen molar-refractivity contribution in [2.75, 3.05) is 0 Å². The van der Waals surface area contributed by atoms with Crippen LogP contribution < -0.4 is 0 Å². The molecule has 0 unspecified atom stereocenters. The molecule has 1 heterocycles. The van der Waals surface area contributed by atoms with E-state index in [2.05, 4.69) is 10.3 Å². The van der Waals surface area contributed by atoms with Crippen molar-refractivity contribution in [3.8, 4) is 0 Å². The largest absolute Gasteiger partial charge is 0.435 e. The van der Waals surface area contributed by atoms with Gasteiger partial charge in [-0.15, -0.1) is 11.8 Å². The summed E-state index contributed by atoms with van der Waals surface area (Å²) < 4.78 is 53.6. The summed E-state index contributed by atoms with van der Waals surface area (Å²) >= 11 is 6.80. The van der Waals surface area contributed by atoms with E-state index in [9.17, 15) is 17.6 Å². The van der Waals surface area contributed by atoms with Gasteiger partial charge in [-0.2, -0.15) is 18.3 Å². The third-order valence-corrected chi connectivity index (χ3v) is 4.44. The van der Waals surface area contributed by atoms with Crippen LogP contribution >= 0.6 is 23.4 Å². The zero-order chi connectivity index (χ0) is 17.2. The number of aryl methyl sites for hydroxylation is 1. The molecule has 124 valence electrons. The summed E-state index contributed by atoms with van der Waals surface area (Å²) in [5.74, 6) is -0.560. The van der Waals surface area contributed by atoms with Gasteiger partial charge in [0, 0.05) is 23.4 Å². The summed E-state index contributed by atoms with van der Waals surface area (Å²) in [4.78, 5) is 0. The number of thioether (sulfide) groups is 1. The predicted octanol–water partition coefficient (Wildman–Crippen LogP) is 4.33. The smallest absolute Gasteiger partial charge is 0.411 e. The molecule has 0 amide bonds. The molecule has 0 spiro atoms. The zero-order valence-electron chi connectivity index (χ0n) is 11.6. The first-order valence-corrected chi connectivity index (χ1v) is 7.49. The third-order valence-electron chi connectivity index (χ3n) is 2.90. The van der Waals surface area contributed by atoms with Crippen LogP contribution in [0.5, 0.6) is 0 Å². The highest BCUT2D eigenvalue weighted by molar-refractivity contribution is 7.98. The van der Waals surface area contributed by atoms with Crippen LogP contribution in [0.2, 0.25) is 5.02 Å². The van der Waals surface area contributed by atoms with Gasteiger partial charge in [0.15, 0.2) is 5.69 Å². The van der Waals surface area contributed by atoms with E-state index in [1.54, 1.807) is 0 Å². The SMILES string of the molecule is Cn1nc(C(F)(F)F)c(/C=N/O)c1SCc1c(F)cccc1Cl. The summed E-state index contributed by atoms with van der Waals surface area (Å²) in [6.45, 7) is 0. The molecule has 0 bridgehead atoms. The van der Waals surface area contributed by atoms with Gasteiger partial charge in [-0.25, -0.2) is 4.39 Å². The maximum absolute atomic E-state index is 13.7. The molecule has 0 aliphatic heterocycles. The van der Waals surface area contributed by atoms with Crippen molar-refractivity contribution in [1.29, 1.82) is 0 Å².